The highest BCUT2D eigenvalue weighted by atomic mass is 79.9. The number of carbonyl (C=O) groups is 1. The van der Waals surface area contributed by atoms with E-state index in [2.05, 4.69) is 31.4 Å². The molecule has 7 heteroatoms. The van der Waals surface area contributed by atoms with Crippen molar-refractivity contribution in [2.24, 2.45) is 5.10 Å². The van der Waals surface area contributed by atoms with Crippen molar-refractivity contribution in [2.45, 2.75) is 0 Å². The number of nitrogens with one attached hydrogen (secondary N) is 2. The summed E-state index contributed by atoms with van der Waals surface area (Å²) in [5.74, 6) is 0.183. The van der Waals surface area contributed by atoms with Crippen LogP contribution in [0.4, 0.5) is 0 Å². The SMILES string of the molecule is O=C(COc1ccc(Cl)cc1Br)NN=Cc1c[nH]c2ccccc12. The Hall–Kier alpha value is -2.31. The molecule has 2 aromatic carbocycles. The van der Waals surface area contributed by atoms with Crippen LogP contribution in [0.15, 0.2) is 58.2 Å². The molecule has 0 fully saturated rings. The molecule has 0 saturated carbocycles. The number of carbonyl (C=O) groups excluding carboxylic acids is 1. The first-order valence-corrected chi connectivity index (χ1v) is 8.26. The van der Waals surface area contributed by atoms with Crippen molar-refractivity contribution in [3.63, 3.8) is 0 Å². The average Bonchev–Trinajstić information content (AvgIpc) is 2.97. The largest absolute Gasteiger partial charge is 0.483 e. The highest BCUT2D eigenvalue weighted by Gasteiger charge is 2.06. The Kier molecular flexibility index (Phi) is 5.17. The predicted octanol–water partition coefficient (Wildman–Crippen LogP) is 4.11. The molecule has 0 aliphatic rings. The number of aromatic amines is 1. The summed E-state index contributed by atoms with van der Waals surface area (Å²) in [6, 6.07) is 12.9. The summed E-state index contributed by atoms with van der Waals surface area (Å²) in [5.41, 5.74) is 4.35. The minimum absolute atomic E-state index is 0.147. The second kappa shape index (κ2) is 7.51. The van der Waals surface area contributed by atoms with E-state index in [-0.39, 0.29) is 12.5 Å². The zero-order chi connectivity index (χ0) is 16.9. The molecule has 2 N–H and O–H groups in total. The second-order valence-electron chi connectivity index (χ2n) is 4.95. The first kappa shape index (κ1) is 16.5. The maximum atomic E-state index is 11.8. The molecular formula is C17H13BrClN3O2. The maximum Gasteiger partial charge on any atom is 0.277 e. The summed E-state index contributed by atoms with van der Waals surface area (Å²) in [6.45, 7) is -0.147. The highest BCUT2D eigenvalue weighted by molar-refractivity contribution is 9.10. The zero-order valence-electron chi connectivity index (χ0n) is 12.4. The predicted molar refractivity (Wildman–Crippen MR) is 98.7 cm³/mol. The monoisotopic (exact) mass is 405 g/mol. The lowest BCUT2D eigenvalue weighted by Crippen LogP contribution is -2.24. The average molecular weight is 407 g/mol. The molecule has 1 heterocycles. The van der Waals surface area contributed by atoms with E-state index in [1.807, 2.05) is 30.5 Å². The van der Waals surface area contributed by atoms with E-state index < -0.39 is 0 Å². The van der Waals surface area contributed by atoms with Crippen LogP contribution in [0.25, 0.3) is 10.9 Å². The Morgan fingerprint density at radius 1 is 1.33 bits per heavy atom. The van der Waals surface area contributed by atoms with Gasteiger partial charge in [0.25, 0.3) is 5.91 Å². The summed E-state index contributed by atoms with van der Waals surface area (Å²) in [4.78, 5) is 14.9. The van der Waals surface area contributed by atoms with Gasteiger partial charge in [-0.05, 0) is 40.2 Å². The van der Waals surface area contributed by atoms with Crippen molar-refractivity contribution >= 4 is 50.6 Å². The minimum atomic E-state index is -0.354. The summed E-state index contributed by atoms with van der Waals surface area (Å²) >= 11 is 9.18. The van der Waals surface area contributed by atoms with Crippen molar-refractivity contribution in [1.82, 2.24) is 10.4 Å². The standard InChI is InChI=1S/C17H13BrClN3O2/c18-14-7-12(19)5-6-16(14)24-10-17(23)22-21-9-11-8-20-15-4-2-1-3-13(11)15/h1-9,20H,10H2,(H,22,23). The summed E-state index contributed by atoms with van der Waals surface area (Å²) in [5, 5.41) is 5.58. The van der Waals surface area contributed by atoms with Crippen LogP contribution in [-0.4, -0.2) is 23.7 Å². The van der Waals surface area contributed by atoms with Crippen molar-refractivity contribution in [3.05, 3.63) is 63.7 Å². The third-order valence-electron chi connectivity index (χ3n) is 3.27. The Balaban J connectivity index is 1.55. The summed E-state index contributed by atoms with van der Waals surface area (Å²) in [6.07, 6.45) is 3.43. The number of hydrazone groups is 1. The van der Waals surface area contributed by atoms with Crippen LogP contribution in [0.5, 0.6) is 5.75 Å². The van der Waals surface area contributed by atoms with Gasteiger partial charge >= 0.3 is 0 Å². The fourth-order valence-corrected chi connectivity index (χ4v) is 2.94. The second-order valence-corrected chi connectivity index (χ2v) is 6.24. The number of hydrogen-bond acceptors (Lipinski definition) is 3. The van der Waals surface area contributed by atoms with Crippen LogP contribution in [0.1, 0.15) is 5.56 Å². The summed E-state index contributed by atoms with van der Waals surface area (Å²) in [7, 11) is 0. The number of benzene rings is 2. The van der Waals surface area contributed by atoms with Crippen molar-refractivity contribution < 1.29 is 9.53 Å². The van der Waals surface area contributed by atoms with Crippen LogP contribution in [-0.2, 0) is 4.79 Å². The molecule has 0 aliphatic heterocycles. The Morgan fingerprint density at radius 2 is 2.17 bits per heavy atom. The summed E-state index contributed by atoms with van der Waals surface area (Å²) < 4.78 is 6.10. The van der Waals surface area contributed by atoms with Crippen molar-refractivity contribution in [1.29, 1.82) is 0 Å². The van der Waals surface area contributed by atoms with Gasteiger partial charge in [0, 0.05) is 27.7 Å². The number of rotatable bonds is 5. The fourth-order valence-electron chi connectivity index (χ4n) is 2.14. The van der Waals surface area contributed by atoms with Gasteiger partial charge in [-0.2, -0.15) is 5.10 Å². The number of amides is 1. The van der Waals surface area contributed by atoms with Gasteiger partial charge in [0.2, 0.25) is 0 Å². The molecule has 0 spiro atoms. The van der Waals surface area contributed by atoms with E-state index in [1.54, 1.807) is 24.4 Å². The lowest BCUT2D eigenvalue weighted by Gasteiger charge is -2.07. The van der Waals surface area contributed by atoms with Crippen LogP contribution >= 0.6 is 27.5 Å². The number of halogens is 2. The molecule has 3 rings (SSSR count). The van der Waals surface area contributed by atoms with E-state index >= 15 is 0 Å². The molecule has 0 atom stereocenters. The number of H-pyrrole nitrogens is 1. The zero-order valence-corrected chi connectivity index (χ0v) is 14.8. The van der Waals surface area contributed by atoms with Gasteiger partial charge in [0.1, 0.15) is 5.75 Å². The van der Waals surface area contributed by atoms with Crippen LogP contribution in [0.3, 0.4) is 0 Å². The quantitative estimate of drug-likeness (QED) is 0.494. The third-order valence-corrected chi connectivity index (χ3v) is 4.12. The van der Waals surface area contributed by atoms with Crippen molar-refractivity contribution in [2.75, 3.05) is 6.61 Å². The topological polar surface area (TPSA) is 66.5 Å². The van der Waals surface area contributed by atoms with Gasteiger partial charge in [0.15, 0.2) is 6.61 Å². The van der Waals surface area contributed by atoms with Gasteiger partial charge in [-0.1, -0.05) is 29.8 Å². The first-order chi connectivity index (χ1) is 11.6. The van der Waals surface area contributed by atoms with E-state index in [4.69, 9.17) is 16.3 Å². The highest BCUT2D eigenvalue weighted by Crippen LogP contribution is 2.27. The minimum Gasteiger partial charge on any atom is -0.483 e. The lowest BCUT2D eigenvalue weighted by molar-refractivity contribution is -0.123. The molecule has 122 valence electrons. The molecular weight excluding hydrogens is 394 g/mol. The van der Waals surface area contributed by atoms with E-state index in [1.165, 1.54) is 0 Å². The Bertz CT molecular complexity index is 908. The maximum absolute atomic E-state index is 11.8. The van der Waals surface area contributed by atoms with E-state index in [0.717, 1.165) is 16.5 Å². The molecule has 1 aromatic heterocycles. The van der Waals surface area contributed by atoms with E-state index in [0.29, 0.717) is 15.2 Å². The van der Waals surface area contributed by atoms with Gasteiger partial charge < -0.3 is 9.72 Å². The molecule has 3 aromatic rings. The number of aromatic nitrogens is 1. The van der Waals surface area contributed by atoms with Gasteiger partial charge in [-0.15, -0.1) is 0 Å². The molecule has 0 unspecified atom stereocenters. The third kappa shape index (κ3) is 3.96. The van der Waals surface area contributed by atoms with Gasteiger partial charge in [-0.3, -0.25) is 4.79 Å². The number of nitrogens with zero attached hydrogens (tertiary/aromatic N) is 1. The molecule has 5 nitrogen and oxygen atoms in total. The van der Waals surface area contributed by atoms with Crippen LogP contribution in [0.2, 0.25) is 5.02 Å². The van der Waals surface area contributed by atoms with Gasteiger partial charge in [0.05, 0.1) is 10.7 Å². The van der Waals surface area contributed by atoms with Crippen LogP contribution in [0, 0.1) is 0 Å². The van der Waals surface area contributed by atoms with Gasteiger partial charge in [-0.25, -0.2) is 5.43 Å². The molecule has 1 amide bonds. The fraction of sp³-hybridized carbons (Fsp3) is 0.0588. The number of para-hydroxylation sites is 1. The smallest absolute Gasteiger partial charge is 0.277 e. The number of hydrogen-bond donors (Lipinski definition) is 2. The normalized spacial score (nSPS) is 11.1. The molecule has 0 radical (unpaired) electrons. The molecule has 0 aliphatic carbocycles. The first-order valence-electron chi connectivity index (χ1n) is 7.09. The molecule has 0 bridgehead atoms. The number of ether oxygens (including phenoxy) is 1. The Labute approximate surface area is 151 Å². The lowest BCUT2D eigenvalue weighted by atomic mass is 10.2. The number of fused-ring (bicyclic) bond motifs is 1. The van der Waals surface area contributed by atoms with Crippen LogP contribution < -0.4 is 10.2 Å². The Morgan fingerprint density at radius 3 is 3.00 bits per heavy atom. The van der Waals surface area contributed by atoms with E-state index in [9.17, 15) is 4.79 Å². The molecule has 0 saturated heterocycles. The molecule has 24 heavy (non-hydrogen) atoms. The van der Waals surface area contributed by atoms with Crippen molar-refractivity contribution in [3.8, 4) is 5.75 Å².